The molecule has 0 amide bonds. The van der Waals surface area contributed by atoms with Gasteiger partial charge >= 0.3 is 0 Å². The fourth-order valence-electron chi connectivity index (χ4n) is 2.13. The van der Waals surface area contributed by atoms with Crippen molar-refractivity contribution in [2.45, 2.75) is 18.4 Å². The van der Waals surface area contributed by atoms with E-state index in [0.29, 0.717) is 6.61 Å². The first-order valence-electron chi connectivity index (χ1n) is 7.08. The van der Waals surface area contributed by atoms with Crippen molar-refractivity contribution in [3.63, 3.8) is 0 Å². The van der Waals surface area contributed by atoms with Crippen molar-refractivity contribution < 1.29 is 17.5 Å². The molecule has 0 spiro atoms. The van der Waals surface area contributed by atoms with Gasteiger partial charge in [0.1, 0.15) is 16.5 Å². The molecule has 2 aromatic carbocycles. The van der Waals surface area contributed by atoms with Crippen molar-refractivity contribution in [2.24, 2.45) is 0 Å². The first kappa shape index (κ1) is 19.4. The van der Waals surface area contributed by atoms with E-state index >= 15 is 0 Å². The van der Waals surface area contributed by atoms with E-state index in [1.165, 1.54) is 11.4 Å². The summed E-state index contributed by atoms with van der Waals surface area (Å²) in [6, 6.07) is 9.47. The highest BCUT2D eigenvalue weighted by molar-refractivity contribution is 9.11. The highest BCUT2D eigenvalue weighted by atomic mass is 79.9. The summed E-state index contributed by atoms with van der Waals surface area (Å²) in [5.41, 5.74) is 0.818. The smallest absolute Gasteiger partial charge is 0.245 e. The Morgan fingerprint density at radius 3 is 2.17 bits per heavy atom. The summed E-state index contributed by atoms with van der Waals surface area (Å²) >= 11 is 6.24. The Morgan fingerprint density at radius 1 is 1.12 bits per heavy atom. The summed E-state index contributed by atoms with van der Waals surface area (Å²) < 4.78 is 45.8. The van der Waals surface area contributed by atoms with Gasteiger partial charge in [0.05, 0.1) is 6.61 Å². The molecule has 0 saturated heterocycles. The molecule has 0 aliphatic carbocycles. The Bertz CT molecular complexity index is 803. The summed E-state index contributed by atoms with van der Waals surface area (Å²) in [5, 5.41) is 0. The van der Waals surface area contributed by atoms with Crippen molar-refractivity contribution in [2.75, 3.05) is 13.7 Å². The van der Waals surface area contributed by atoms with Gasteiger partial charge in [-0.05, 0) is 68.6 Å². The Morgan fingerprint density at radius 2 is 1.67 bits per heavy atom. The zero-order valence-corrected chi connectivity index (χ0v) is 17.1. The molecule has 0 saturated carbocycles. The minimum Gasteiger partial charge on any atom is -0.494 e. The lowest BCUT2D eigenvalue weighted by Gasteiger charge is -2.19. The first-order valence-corrected chi connectivity index (χ1v) is 10.1. The van der Waals surface area contributed by atoms with Crippen molar-refractivity contribution in [3.8, 4) is 5.75 Å². The Kier molecular flexibility index (Phi) is 6.41. The Hall–Kier alpha value is -0.960. The largest absolute Gasteiger partial charge is 0.494 e. The van der Waals surface area contributed by atoms with Crippen LogP contribution in [0.4, 0.5) is 4.39 Å². The molecule has 8 heteroatoms. The van der Waals surface area contributed by atoms with Crippen LogP contribution in [0, 0.1) is 5.82 Å². The molecule has 2 rings (SSSR count). The number of rotatable bonds is 6. The van der Waals surface area contributed by atoms with E-state index in [-0.39, 0.29) is 20.4 Å². The molecule has 0 aromatic heterocycles. The molecular formula is C16H16Br2FNO3S. The van der Waals surface area contributed by atoms with E-state index in [0.717, 1.165) is 23.4 Å². The van der Waals surface area contributed by atoms with Crippen LogP contribution in [0.15, 0.2) is 50.2 Å². The summed E-state index contributed by atoms with van der Waals surface area (Å²) in [5.74, 6) is 0.206. The van der Waals surface area contributed by atoms with E-state index < -0.39 is 15.8 Å². The molecule has 0 unspecified atom stereocenters. The van der Waals surface area contributed by atoms with E-state index in [9.17, 15) is 12.8 Å². The monoisotopic (exact) mass is 479 g/mol. The molecule has 0 aliphatic rings. The summed E-state index contributed by atoms with van der Waals surface area (Å²) in [6.45, 7) is 2.65. The minimum absolute atomic E-state index is 0.00247. The first-order chi connectivity index (χ1) is 11.3. The highest BCUT2D eigenvalue weighted by Gasteiger charge is 2.27. The molecule has 0 N–H and O–H groups in total. The zero-order chi connectivity index (χ0) is 17.9. The van der Waals surface area contributed by atoms with Crippen LogP contribution in [0.1, 0.15) is 12.5 Å². The van der Waals surface area contributed by atoms with E-state index in [1.54, 1.807) is 12.1 Å². The predicted molar refractivity (Wildman–Crippen MR) is 98.1 cm³/mol. The number of sulfonamides is 1. The summed E-state index contributed by atoms with van der Waals surface area (Å²) in [6.07, 6.45) is 0. The second-order valence-corrected chi connectivity index (χ2v) is 8.73. The maximum atomic E-state index is 13.4. The third kappa shape index (κ3) is 4.36. The lowest BCUT2D eigenvalue weighted by Crippen LogP contribution is -2.27. The quantitative estimate of drug-likeness (QED) is 0.608. The number of benzene rings is 2. The maximum Gasteiger partial charge on any atom is 0.245 e. The van der Waals surface area contributed by atoms with E-state index in [2.05, 4.69) is 31.9 Å². The molecule has 0 radical (unpaired) electrons. The fraction of sp³-hybridized carbons (Fsp3) is 0.250. The van der Waals surface area contributed by atoms with Crippen LogP contribution >= 0.6 is 31.9 Å². The van der Waals surface area contributed by atoms with Gasteiger partial charge < -0.3 is 4.74 Å². The molecule has 0 aliphatic heterocycles. The van der Waals surface area contributed by atoms with Gasteiger partial charge in [-0.25, -0.2) is 12.8 Å². The fourth-order valence-corrected chi connectivity index (χ4v) is 5.73. The SMILES string of the molecule is CCOc1ccc(CN(C)S(=O)(=O)c2c(Br)cc(F)cc2Br)cc1. The van der Waals surface area contributed by atoms with Crippen molar-refractivity contribution in [1.29, 1.82) is 0 Å². The van der Waals surface area contributed by atoms with Crippen molar-refractivity contribution >= 4 is 41.9 Å². The molecule has 24 heavy (non-hydrogen) atoms. The number of nitrogens with zero attached hydrogens (tertiary/aromatic N) is 1. The third-order valence-corrected chi connectivity index (χ3v) is 6.95. The number of hydrogen-bond acceptors (Lipinski definition) is 3. The van der Waals surface area contributed by atoms with Gasteiger partial charge in [0, 0.05) is 22.5 Å². The molecule has 0 atom stereocenters. The predicted octanol–water partition coefficient (Wildman–Crippen LogP) is 4.57. The number of halogens is 3. The van der Waals surface area contributed by atoms with Crippen LogP contribution in [0.2, 0.25) is 0 Å². The van der Waals surface area contributed by atoms with Gasteiger partial charge in [-0.1, -0.05) is 12.1 Å². The van der Waals surface area contributed by atoms with Gasteiger partial charge in [-0.2, -0.15) is 4.31 Å². The molecular weight excluding hydrogens is 465 g/mol. The highest BCUT2D eigenvalue weighted by Crippen LogP contribution is 2.33. The average molecular weight is 481 g/mol. The molecule has 130 valence electrons. The lowest BCUT2D eigenvalue weighted by atomic mass is 10.2. The van der Waals surface area contributed by atoms with Crippen LogP contribution in [0.5, 0.6) is 5.75 Å². The normalized spacial score (nSPS) is 11.8. The summed E-state index contributed by atoms with van der Waals surface area (Å²) in [4.78, 5) is -0.00247. The van der Waals surface area contributed by atoms with Crippen LogP contribution in [0.25, 0.3) is 0 Å². The molecule has 4 nitrogen and oxygen atoms in total. The standard InChI is InChI=1S/C16H16Br2FNO3S/c1-3-23-13-6-4-11(5-7-13)10-20(2)24(21,22)16-14(17)8-12(19)9-15(16)18/h4-9H,3,10H2,1-2H3. The maximum absolute atomic E-state index is 13.4. The van der Waals surface area contributed by atoms with E-state index in [1.807, 2.05) is 19.1 Å². The molecule has 0 fully saturated rings. The van der Waals surface area contributed by atoms with Gasteiger partial charge in [0.25, 0.3) is 0 Å². The van der Waals surface area contributed by atoms with E-state index in [4.69, 9.17) is 4.74 Å². The Labute approximate surface area is 157 Å². The van der Waals surface area contributed by atoms with Crippen LogP contribution in [-0.2, 0) is 16.6 Å². The summed E-state index contributed by atoms with van der Waals surface area (Å²) in [7, 11) is -2.31. The van der Waals surface area contributed by atoms with Crippen molar-refractivity contribution in [1.82, 2.24) is 4.31 Å². The van der Waals surface area contributed by atoms with Gasteiger partial charge in [-0.3, -0.25) is 0 Å². The average Bonchev–Trinajstić information content (AvgIpc) is 2.48. The second-order valence-electron chi connectivity index (χ2n) is 5.04. The second kappa shape index (κ2) is 7.95. The Balaban J connectivity index is 2.26. The van der Waals surface area contributed by atoms with Crippen LogP contribution in [-0.4, -0.2) is 26.4 Å². The zero-order valence-electron chi connectivity index (χ0n) is 13.1. The molecule has 0 heterocycles. The number of hydrogen-bond donors (Lipinski definition) is 0. The lowest BCUT2D eigenvalue weighted by molar-refractivity contribution is 0.340. The molecule has 0 bridgehead atoms. The topological polar surface area (TPSA) is 46.6 Å². The number of ether oxygens (including phenoxy) is 1. The van der Waals surface area contributed by atoms with Gasteiger partial charge in [0.2, 0.25) is 10.0 Å². The van der Waals surface area contributed by atoms with Crippen LogP contribution < -0.4 is 4.74 Å². The third-order valence-electron chi connectivity index (χ3n) is 3.27. The molecule has 2 aromatic rings. The van der Waals surface area contributed by atoms with Crippen molar-refractivity contribution in [3.05, 3.63) is 56.7 Å². The van der Waals surface area contributed by atoms with Gasteiger partial charge in [0.15, 0.2) is 0 Å². The van der Waals surface area contributed by atoms with Gasteiger partial charge in [-0.15, -0.1) is 0 Å². The van der Waals surface area contributed by atoms with Crippen LogP contribution in [0.3, 0.4) is 0 Å². The minimum atomic E-state index is -3.79.